The standard InChI is InChI=1S/C14H20N2O3/c1-2-8-16(10-13(17)18)14(19)12(15)9-11-6-4-3-5-7-11/h3-7,12H,2,8-10,15H2,1H3,(H,17,18)/t12-/m1/s1. The Bertz CT molecular complexity index is 420. The fourth-order valence-corrected chi connectivity index (χ4v) is 1.89. The van der Waals surface area contributed by atoms with Crippen LogP contribution >= 0.6 is 0 Å². The van der Waals surface area contributed by atoms with Crippen LogP contribution in [0.25, 0.3) is 0 Å². The summed E-state index contributed by atoms with van der Waals surface area (Å²) in [6.45, 7) is 2.01. The van der Waals surface area contributed by atoms with Gasteiger partial charge in [-0.25, -0.2) is 0 Å². The van der Waals surface area contributed by atoms with Gasteiger partial charge in [0.05, 0.1) is 6.04 Å². The fourth-order valence-electron chi connectivity index (χ4n) is 1.89. The van der Waals surface area contributed by atoms with Gasteiger partial charge in [-0.2, -0.15) is 0 Å². The Morgan fingerprint density at radius 3 is 2.47 bits per heavy atom. The summed E-state index contributed by atoms with van der Waals surface area (Å²) in [7, 11) is 0. The van der Waals surface area contributed by atoms with Crippen molar-refractivity contribution in [1.29, 1.82) is 0 Å². The minimum Gasteiger partial charge on any atom is -0.480 e. The zero-order valence-electron chi connectivity index (χ0n) is 11.1. The van der Waals surface area contributed by atoms with Gasteiger partial charge in [0.15, 0.2) is 0 Å². The number of aliphatic carboxylic acids is 1. The topological polar surface area (TPSA) is 83.6 Å². The number of benzene rings is 1. The molecule has 0 saturated heterocycles. The van der Waals surface area contributed by atoms with E-state index in [4.69, 9.17) is 10.8 Å². The highest BCUT2D eigenvalue weighted by Gasteiger charge is 2.22. The second-order valence-electron chi connectivity index (χ2n) is 4.45. The van der Waals surface area contributed by atoms with E-state index >= 15 is 0 Å². The molecule has 0 aromatic heterocycles. The van der Waals surface area contributed by atoms with E-state index in [1.165, 1.54) is 4.90 Å². The van der Waals surface area contributed by atoms with E-state index in [-0.39, 0.29) is 12.5 Å². The van der Waals surface area contributed by atoms with E-state index in [0.29, 0.717) is 19.4 Å². The largest absolute Gasteiger partial charge is 0.480 e. The predicted molar refractivity (Wildman–Crippen MR) is 72.6 cm³/mol. The Hall–Kier alpha value is -1.88. The number of nitrogens with zero attached hydrogens (tertiary/aromatic N) is 1. The van der Waals surface area contributed by atoms with Gasteiger partial charge in [0.2, 0.25) is 5.91 Å². The minimum atomic E-state index is -1.02. The molecule has 19 heavy (non-hydrogen) atoms. The van der Waals surface area contributed by atoms with Gasteiger partial charge in [-0.1, -0.05) is 37.3 Å². The second-order valence-corrected chi connectivity index (χ2v) is 4.45. The van der Waals surface area contributed by atoms with Gasteiger partial charge in [0.25, 0.3) is 0 Å². The van der Waals surface area contributed by atoms with E-state index in [1.807, 2.05) is 37.3 Å². The number of carboxylic acids is 1. The molecule has 5 nitrogen and oxygen atoms in total. The third-order valence-corrected chi connectivity index (χ3v) is 2.75. The molecule has 0 fully saturated rings. The lowest BCUT2D eigenvalue weighted by Gasteiger charge is -2.23. The van der Waals surface area contributed by atoms with Crippen molar-refractivity contribution < 1.29 is 14.7 Å². The summed E-state index contributed by atoms with van der Waals surface area (Å²) in [5.41, 5.74) is 6.84. The van der Waals surface area contributed by atoms with Crippen molar-refractivity contribution in [3.05, 3.63) is 35.9 Å². The highest BCUT2D eigenvalue weighted by Crippen LogP contribution is 2.05. The van der Waals surface area contributed by atoms with Crippen molar-refractivity contribution in [3.63, 3.8) is 0 Å². The molecule has 0 aliphatic heterocycles. The van der Waals surface area contributed by atoms with Gasteiger partial charge >= 0.3 is 5.97 Å². The zero-order valence-corrected chi connectivity index (χ0v) is 11.1. The van der Waals surface area contributed by atoms with Crippen molar-refractivity contribution in [2.24, 2.45) is 5.73 Å². The number of hydrogen-bond acceptors (Lipinski definition) is 3. The minimum absolute atomic E-state index is 0.296. The molecule has 0 saturated carbocycles. The molecule has 0 unspecified atom stereocenters. The normalized spacial score (nSPS) is 11.9. The van der Waals surface area contributed by atoms with Gasteiger partial charge in [-0.15, -0.1) is 0 Å². The number of carbonyl (C=O) groups is 2. The fraction of sp³-hybridized carbons (Fsp3) is 0.429. The van der Waals surface area contributed by atoms with Crippen molar-refractivity contribution in [3.8, 4) is 0 Å². The molecule has 1 amide bonds. The molecule has 5 heteroatoms. The molecule has 1 aromatic rings. The summed E-state index contributed by atoms with van der Waals surface area (Å²) in [5.74, 6) is -1.33. The van der Waals surface area contributed by atoms with Gasteiger partial charge < -0.3 is 15.7 Å². The third kappa shape index (κ3) is 5.09. The average Bonchev–Trinajstić information content (AvgIpc) is 2.38. The first-order chi connectivity index (χ1) is 9.04. The van der Waals surface area contributed by atoms with Crippen LogP contribution in [0.1, 0.15) is 18.9 Å². The number of amides is 1. The van der Waals surface area contributed by atoms with Crippen molar-refractivity contribution >= 4 is 11.9 Å². The summed E-state index contributed by atoms with van der Waals surface area (Å²) in [4.78, 5) is 24.1. The Morgan fingerprint density at radius 2 is 1.95 bits per heavy atom. The monoisotopic (exact) mass is 264 g/mol. The predicted octanol–water partition coefficient (Wildman–Crippen LogP) is 0.880. The van der Waals surface area contributed by atoms with E-state index in [2.05, 4.69) is 0 Å². The lowest BCUT2D eigenvalue weighted by Crippen LogP contribution is -2.47. The van der Waals surface area contributed by atoms with Crippen LogP contribution in [0.5, 0.6) is 0 Å². The quantitative estimate of drug-likeness (QED) is 0.765. The highest BCUT2D eigenvalue weighted by molar-refractivity contribution is 5.85. The molecular formula is C14H20N2O3. The SMILES string of the molecule is CCCN(CC(=O)O)C(=O)[C@H](N)Cc1ccccc1. The first kappa shape index (κ1) is 15.2. The Morgan fingerprint density at radius 1 is 1.32 bits per heavy atom. The maximum atomic E-state index is 12.1. The second kappa shape index (κ2) is 7.53. The van der Waals surface area contributed by atoms with E-state index in [0.717, 1.165) is 5.56 Å². The maximum absolute atomic E-state index is 12.1. The molecule has 0 spiro atoms. The molecule has 0 radical (unpaired) electrons. The van der Waals surface area contributed by atoms with Crippen molar-refractivity contribution in [1.82, 2.24) is 4.90 Å². The Kier molecular flexibility index (Phi) is 6.02. The number of nitrogens with two attached hydrogens (primary N) is 1. The number of rotatable bonds is 7. The van der Waals surface area contributed by atoms with Crippen molar-refractivity contribution in [2.45, 2.75) is 25.8 Å². The van der Waals surface area contributed by atoms with Crippen LogP contribution in [-0.2, 0) is 16.0 Å². The molecule has 0 aliphatic carbocycles. The van der Waals surface area contributed by atoms with Crippen LogP contribution in [0.4, 0.5) is 0 Å². The number of carboxylic acid groups (broad SMARTS) is 1. The highest BCUT2D eigenvalue weighted by atomic mass is 16.4. The Balaban J connectivity index is 2.65. The van der Waals surface area contributed by atoms with Gasteiger partial charge in [0.1, 0.15) is 6.54 Å². The third-order valence-electron chi connectivity index (χ3n) is 2.75. The van der Waals surface area contributed by atoms with Gasteiger partial charge in [-0.05, 0) is 18.4 Å². The number of hydrogen-bond donors (Lipinski definition) is 2. The average molecular weight is 264 g/mol. The summed E-state index contributed by atoms with van der Waals surface area (Å²) in [6, 6.07) is 8.75. The molecule has 104 valence electrons. The van der Waals surface area contributed by atoms with Crippen LogP contribution in [0.15, 0.2) is 30.3 Å². The van der Waals surface area contributed by atoms with Crippen LogP contribution < -0.4 is 5.73 Å². The van der Waals surface area contributed by atoms with Crippen LogP contribution in [0, 0.1) is 0 Å². The molecule has 0 aliphatic rings. The smallest absolute Gasteiger partial charge is 0.323 e. The molecule has 3 N–H and O–H groups in total. The van der Waals surface area contributed by atoms with Crippen LogP contribution in [-0.4, -0.2) is 41.0 Å². The molecule has 0 bridgehead atoms. The number of carbonyl (C=O) groups excluding carboxylic acids is 1. The molecule has 0 heterocycles. The lowest BCUT2D eigenvalue weighted by molar-refractivity contribution is -0.145. The lowest BCUT2D eigenvalue weighted by atomic mass is 10.1. The molecule has 1 aromatic carbocycles. The molecule has 1 rings (SSSR count). The summed E-state index contributed by atoms with van der Waals surface area (Å²) < 4.78 is 0. The first-order valence-electron chi connectivity index (χ1n) is 6.34. The van der Waals surface area contributed by atoms with Gasteiger partial charge in [-0.3, -0.25) is 9.59 Å². The summed E-state index contributed by atoms with van der Waals surface area (Å²) in [6.07, 6.45) is 1.12. The summed E-state index contributed by atoms with van der Waals surface area (Å²) in [5, 5.41) is 8.80. The van der Waals surface area contributed by atoms with Crippen LogP contribution in [0.3, 0.4) is 0 Å². The van der Waals surface area contributed by atoms with Crippen molar-refractivity contribution in [2.75, 3.05) is 13.1 Å². The molecular weight excluding hydrogens is 244 g/mol. The van der Waals surface area contributed by atoms with Gasteiger partial charge in [0, 0.05) is 6.54 Å². The molecule has 1 atom stereocenters. The Labute approximate surface area is 113 Å². The van der Waals surface area contributed by atoms with Crippen LogP contribution in [0.2, 0.25) is 0 Å². The first-order valence-corrected chi connectivity index (χ1v) is 6.34. The summed E-state index contributed by atoms with van der Waals surface area (Å²) >= 11 is 0. The zero-order chi connectivity index (χ0) is 14.3. The van der Waals surface area contributed by atoms with E-state index in [9.17, 15) is 9.59 Å². The van der Waals surface area contributed by atoms with E-state index in [1.54, 1.807) is 0 Å². The van der Waals surface area contributed by atoms with E-state index < -0.39 is 12.0 Å². The maximum Gasteiger partial charge on any atom is 0.323 e.